The summed E-state index contributed by atoms with van der Waals surface area (Å²) in [6.07, 6.45) is 1.63. The maximum atomic E-state index is 12.1. The third kappa shape index (κ3) is 3.66. The number of rotatable bonds is 2. The lowest BCUT2D eigenvalue weighted by Gasteiger charge is -2.02. The van der Waals surface area contributed by atoms with E-state index in [9.17, 15) is 9.90 Å². The Bertz CT molecular complexity index is 896. The minimum atomic E-state index is -0.252. The second kappa shape index (κ2) is 7.01. The largest absolute Gasteiger partial charge is 0.507 e. The minimum absolute atomic E-state index is 0.107. The summed E-state index contributed by atoms with van der Waals surface area (Å²) in [5, 5.41) is 13.7. The fourth-order valence-corrected chi connectivity index (χ4v) is 3.46. The molecule has 0 aliphatic carbocycles. The van der Waals surface area contributed by atoms with Gasteiger partial charge in [0.15, 0.2) is 5.17 Å². The summed E-state index contributed by atoms with van der Waals surface area (Å²) in [6, 6.07) is 10.5. The van der Waals surface area contributed by atoms with Gasteiger partial charge in [-0.2, -0.15) is 0 Å². The number of aliphatic imine (C=N–C) groups is 1. The number of halogens is 2. The Balaban J connectivity index is 1.91. The minimum Gasteiger partial charge on any atom is -0.507 e. The van der Waals surface area contributed by atoms with Crippen molar-refractivity contribution in [1.82, 2.24) is 5.32 Å². The first-order valence-corrected chi connectivity index (χ1v) is 8.96. The predicted molar refractivity (Wildman–Crippen MR) is 103 cm³/mol. The van der Waals surface area contributed by atoms with Crippen LogP contribution in [0.2, 0.25) is 5.02 Å². The summed E-state index contributed by atoms with van der Waals surface area (Å²) < 4.78 is 0.819. The number of nitrogens with one attached hydrogen (secondary N) is 1. The fraction of sp³-hybridized carbons (Fsp3) is 0.0588. The van der Waals surface area contributed by atoms with E-state index in [4.69, 9.17) is 11.6 Å². The molecule has 1 aliphatic rings. The van der Waals surface area contributed by atoms with E-state index >= 15 is 0 Å². The molecule has 1 saturated heterocycles. The van der Waals surface area contributed by atoms with Gasteiger partial charge in [-0.15, -0.1) is 0 Å². The van der Waals surface area contributed by atoms with E-state index in [1.54, 1.807) is 30.3 Å². The Kier molecular flexibility index (Phi) is 4.99. The first-order chi connectivity index (χ1) is 11.4. The fourth-order valence-electron chi connectivity index (χ4n) is 2.09. The molecular formula is C17H12BrClN2O2S. The molecule has 1 amide bonds. The predicted octanol–water partition coefficient (Wildman–Crippen LogP) is 5.01. The first-order valence-electron chi connectivity index (χ1n) is 6.97. The number of benzene rings is 2. The Morgan fingerprint density at radius 1 is 1.33 bits per heavy atom. The van der Waals surface area contributed by atoms with Crippen LogP contribution in [0.4, 0.5) is 5.69 Å². The molecule has 2 N–H and O–H groups in total. The van der Waals surface area contributed by atoms with Gasteiger partial charge in [0.2, 0.25) is 0 Å². The molecule has 3 rings (SSSR count). The second-order valence-electron chi connectivity index (χ2n) is 5.07. The summed E-state index contributed by atoms with van der Waals surface area (Å²) in [6.45, 7) is 1.87. The Morgan fingerprint density at radius 2 is 2.12 bits per heavy atom. The normalized spacial score (nSPS) is 17.5. The van der Waals surface area contributed by atoms with Crippen molar-refractivity contribution < 1.29 is 9.90 Å². The van der Waals surface area contributed by atoms with Gasteiger partial charge < -0.3 is 10.4 Å². The topological polar surface area (TPSA) is 61.7 Å². The maximum absolute atomic E-state index is 12.1. The van der Waals surface area contributed by atoms with Crippen molar-refractivity contribution >= 4 is 62.1 Å². The zero-order valence-electron chi connectivity index (χ0n) is 12.5. The molecule has 0 spiro atoms. The molecule has 122 valence electrons. The summed E-state index contributed by atoms with van der Waals surface area (Å²) >= 11 is 10.7. The number of hydrogen-bond donors (Lipinski definition) is 2. The molecule has 4 nitrogen and oxygen atoms in total. The first kappa shape index (κ1) is 17.1. The molecule has 0 unspecified atom stereocenters. The zero-order valence-corrected chi connectivity index (χ0v) is 15.7. The molecule has 1 heterocycles. The van der Waals surface area contributed by atoms with Gasteiger partial charge in [-0.05, 0) is 60.7 Å². The molecule has 1 aliphatic heterocycles. The Hall–Kier alpha value is -1.76. The summed E-state index contributed by atoms with van der Waals surface area (Å²) in [4.78, 5) is 17.0. The highest BCUT2D eigenvalue weighted by Gasteiger charge is 2.24. The molecule has 0 radical (unpaired) electrons. The van der Waals surface area contributed by atoms with E-state index < -0.39 is 0 Å². The SMILES string of the molecule is Cc1c(Cl)cccc1N=C1NC(=O)/C(=C\c2cc(Br)ccc2O)S1. The number of nitrogens with zero attached hydrogens (tertiary/aromatic N) is 1. The van der Waals surface area contributed by atoms with Crippen LogP contribution in [0.5, 0.6) is 5.75 Å². The van der Waals surface area contributed by atoms with Crippen molar-refractivity contribution in [2.45, 2.75) is 6.92 Å². The van der Waals surface area contributed by atoms with Crippen LogP contribution in [0.25, 0.3) is 6.08 Å². The molecule has 7 heteroatoms. The average Bonchev–Trinajstić information content (AvgIpc) is 2.87. The number of thioether (sulfide) groups is 1. The van der Waals surface area contributed by atoms with Gasteiger partial charge in [0.25, 0.3) is 5.91 Å². The van der Waals surface area contributed by atoms with E-state index in [-0.39, 0.29) is 11.7 Å². The molecule has 0 atom stereocenters. The standard InChI is InChI=1S/C17H12BrClN2O2S/c1-9-12(19)3-2-4-13(9)20-17-21-16(23)15(24-17)8-10-7-11(18)5-6-14(10)22/h2-8,22H,1H3,(H,20,21,23)/b15-8+. The lowest BCUT2D eigenvalue weighted by Crippen LogP contribution is -2.19. The molecule has 0 bridgehead atoms. The third-order valence-corrected chi connectivity index (χ3v) is 5.20. The van der Waals surface area contributed by atoms with Crippen molar-refractivity contribution in [1.29, 1.82) is 0 Å². The lowest BCUT2D eigenvalue weighted by molar-refractivity contribution is -0.115. The molecular weight excluding hydrogens is 412 g/mol. The molecule has 1 fully saturated rings. The van der Waals surface area contributed by atoms with Gasteiger partial charge in [-0.1, -0.05) is 33.6 Å². The molecule has 2 aromatic carbocycles. The van der Waals surface area contributed by atoms with Gasteiger partial charge in [-0.25, -0.2) is 4.99 Å². The van der Waals surface area contributed by atoms with Crippen LogP contribution in [0, 0.1) is 6.92 Å². The maximum Gasteiger partial charge on any atom is 0.264 e. The van der Waals surface area contributed by atoms with Crippen molar-refractivity contribution in [2.24, 2.45) is 4.99 Å². The number of amides is 1. The molecule has 0 saturated carbocycles. The number of aromatic hydroxyl groups is 1. The Labute approximate surface area is 156 Å². The van der Waals surface area contributed by atoms with Crippen LogP contribution in [-0.4, -0.2) is 16.2 Å². The van der Waals surface area contributed by atoms with Crippen LogP contribution in [0.1, 0.15) is 11.1 Å². The van der Waals surface area contributed by atoms with Crippen LogP contribution in [0.3, 0.4) is 0 Å². The van der Waals surface area contributed by atoms with Crippen molar-refractivity contribution in [2.75, 3.05) is 0 Å². The van der Waals surface area contributed by atoms with Gasteiger partial charge in [0.05, 0.1) is 10.6 Å². The lowest BCUT2D eigenvalue weighted by atomic mass is 10.2. The Morgan fingerprint density at radius 3 is 2.92 bits per heavy atom. The highest BCUT2D eigenvalue weighted by Crippen LogP contribution is 2.33. The van der Waals surface area contributed by atoms with Crippen molar-refractivity contribution in [3.63, 3.8) is 0 Å². The quantitative estimate of drug-likeness (QED) is 0.668. The number of phenolic OH excluding ortho intramolecular Hbond substituents is 1. The number of carbonyl (C=O) groups excluding carboxylic acids is 1. The van der Waals surface area contributed by atoms with Crippen LogP contribution < -0.4 is 5.32 Å². The summed E-state index contributed by atoms with van der Waals surface area (Å²) in [7, 11) is 0. The van der Waals surface area contributed by atoms with Crippen LogP contribution in [0.15, 0.2) is 50.8 Å². The van der Waals surface area contributed by atoms with Crippen LogP contribution >= 0.6 is 39.3 Å². The van der Waals surface area contributed by atoms with Gasteiger partial charge in [0.1, 0.15) is 5.75 Å². The summed E-state index contributed by atoms with van der Waals surface area (Å²) in [5.41, 5.74) is 2.11. The molecule has 2 aromatic rings. The number of amidine groups is 1. The van der Waals surface area contributed by atoms with E-state index in [1.807, 2.05) is 19.1 Å². The van der Waals surface area contributed by atoms with Crippen molar-refractivity contribution in [3.05, 3.63) is 61.9 Å². The van der Waals surface area contributed by atoms with E-state index in [1.165, 1.54) is 11.8 Å². The highest BCUT2D eigenvalue weighted by molar-refractivity contribution is 9.10. The van der Waals surface area contributed by atoms with E-state index in [0.717, 1.165) is 10.0 Å². The number of phenols is 1. The summed E-state index contributed by atoms with van der Waals surface area (Å²) in [5.74, 6) is -0.145. The smallest absolute Gasteiger partial charge is 0.264 e. The monoisotopic (exact) mass is 422 g/mol. The second-order valence-corrected chi connectivity index (χ2v) is 7.42. The molecule has 24 heavy (non-hydrogen) atoms. The van der Waals surface area contributed by atoms with Crippen molar-refractivity contribution in [3.8, 4) is 5.75 Å². The van der Waals surface area contributed by atoms with Gasteiger partial charge >= 0.3 is 0 Å². The number of hydrogen-bond acceptors (Lipinski definition) is 4. The van der Waals surface area contributed by atoms with Gasteiger partial charge in [-0.3, -0.25) is 4.79 Å². The van der Waals surface area contributed by atoms with Gasteiger partial charge in [0, 0.05) is 15.1 Å². The highest BCUT2D eigenvalue weighted by atomic mass is 79.9. The number of carbonyl (C=O) groups is 1. The average molecular weight is 424 g/mol. The van der Waals surface area contributed by atoms with E-state index in [2.05, 4.69) is 26.2 Å². The zero-order chi connectivity index (χ0) is 17.3. The van der Waals surface area contributed by atoms with E-state index in [0.29, 0.717) is 26.3 Å². The van der Waals surface area contributed by atoms with Crippen LogP contribution in [-0.2, 0) is 4.79 Å². The molecule has 0 aromatic heterocycles. The third-order valence-electron chi connectivity index (χ3n) is 3.39.